The van der Waals surface area contributed by atoms with Crippen molar-refractivity contribution in [3.8, 4) is 6.07 Å². The molecule has 0 bridgehead atoms. The van der Waals surface area contributed by atoms with E-state index in [1.807, 2.05) is 6.07 Å². The van der Waals surface area contributed by atoms with Gasteiger partial charge in [-0.3, -0.25) is 4.79 Å². The maximum atomic E-state index is 10.5. The minimum atomic E-state index is -0.178. The monoisotopic (exact) mass is 173 g/mol. The fourth-order valence-electron chi connectivity index (χ4n) is 0.538. The topological polar surface area (TPSA) is 50.1 Å². The Hall–Kier alpha value is -0.690. The van der Waals surface area contributed by atoms with Crippen LogP contribution in [0.1, 0.15) is 12.8 Å². The van der Waals surface area contributed by atoms with Crippen molar-refractivity contribution in [3.05, 3.63) is 0 Å². The number of hydrogen-bond donors (Lipinski definition) is 0. The van der Waals surface area contributed by atoms with E-state index in [1.165, 1.54) is 18.9 Å². The zero-order chi connectivity index (χ0) is 8.53. The van der Waals surface area contributed by atoms with E-state index in [-0.39, 0.29) is 5.97 Å². The minimum Gasteiger partial charge on any atom is -0.469 e. The summed E-state index contributed by atoms with van der Waals surface area (Å²) in [5.74, 6) is 1.17. The normalized spacial score (nSPS) is 8.73. The molecule has 0 unspecified atom stereocenters. The van der Waals surface area contributed by atoms with Crippen LogP contribution in [0.15, 0.2) is 0 Å². The molecule has 0 aliphatic heterocycles. The molecule has 0 aliphatic carbocycles. The van der Waals surface area contributed by atoms with E-state index in [0.717, 1.165) is 12.2 Å². The molecule has 0 fully saturated rings. The number of carbonyl (C=O) groups is 1. The Bertz CT molecular complexity index is 153. The van der Waals surface area contributed by atoms with Crippen molar-refractivity contribution in [1.82, 2.24) is 0 Å². The van der Waals surface area contributed by atoms with Crippen LogP contribution < -0.4 is 0 Å². The van der Waals surface area contributed by atoms with E-state index in [2.05, 4.69) is 4.74 Å². The van der Waals surface area contributed by atoms with Crippen LogP contribution in [0.25, 0.3) is 0 Å². The molecule has 0 saturated carbocycles. The van der Waals surface area contributed by atoms with Crippen molar-refractivity contribution in [2.75, 3.05) is 18.6 Å². The van der Waals surface area contributed by atoms with Crippen LogP contribution in [-0.2, 0) is 9.53 Å². The number of methoxy groups -OCH3 is 1. The Labute approximate surface area is 70.7 Å². The second-order valence-electron chi connectivity index (χ2n) is 1.89. The summed E-state index contributed by atoms with van der Waals surface area (Å²) in [6, 6.07) is 2.02. The first kappa shape index (κ1) is 10.3. The molecule has 0 aromatic rings. The third-order valence-corrected chi connectivity index (χ3v) is 1.97. The molecule has 0 aromatic carbocycles. The molecule has 3 nitrogen and oxygen atoms in total. The lowest BCUT2D eigenvalue weighted by molar-refractivity contribution is -0.140. The van der Waals surface area contributed by atoms with Gasteiger partial charge in [0.2, 0.25) is 0 Å². The van der Waals surface area contributed by atoms with Gasteiger partial charge in [0, 0.05) is 6.42 Å². The number of nitriles is 1. The molecule has 0 aliphatic rings. The number of thioether (sulfide) groups is 1. The van der Waals surface area contributed by atoms with Gasteiger partial charge in [-0.05, 0) is 12.2 Å². The number of rotatable bonds is 5. The van der Waals surface area contributed by atoms with Gasteiger partial charge in [0.15, 0.2) is 0 Å². The maximum absolute atomic E-state index is 10.5. The second kappa shape index (κ2) is 7.42. The molecule has 0 radical (unpaired) electrons. The Morgan fingerprint density at radius 3 is 3.00 bits per heavy atom. The molecule has 4 heteroatoms. The van der Waals surface area contributed by atoms with Gasteiger partial charge in [-0.15, -0.1) is 11.8 Å². The van der Waals surface area contributed by atoms with Crippen LogP contribution in [0, 0.1) is 11.3 Å². The Kier molecular flexibility index (Phi) is 6.95. The number of esters is 1. The number of hydrogen-bond acceptors (Lipinski definition) is 4. The van der Waals surface area contributed by atoms with Crippen molar-refractivity contribution in [2.45, 2.75) is 12.8 Å². The van der Waals surface area contributed by atoms with E-state index in [0.29, 0.717) is 12.2 Å². The zero-order valence-electron chi connectivity index (χ0n) is 6.50. The van der Waals surface area contributed by atoms with Gasteiger partial charge in [0.05, 0.1) is 18.9 Å². The van der Waals surface area contributed by atoms with Gasteiger partial charge in [-0.25, -0.2) is 0 Å². The maximum Gasteiger partial charge on any atom is 0.305 e. The predicted molar refractivity (Wildman–Crippen MR) is 44.2 cm³/mol. The van der Waals surface area contributed by atoms with Crippen LogP contribution in [0.5, 0.6) is 0 Å². The largest absolute Gasteiger partial charge is 0.469 e. The summed E-state index contributed by atoms with van der Waals surface area (Å²) in [6.45, 7) is 0. The van der Waals surface area contributed by atoms with Gasteiger partial charge >= 0.3 is 5.97 Å². The highest BCUT2D eigenvalue weighted by Crippen LogP contribution is 2.03. The van der Waals surface area contributed by atoms with Gasteiger partial charge in [0.25, 0.3) is 0 Å². The Morgan fingerprint density at radius 2 is 2.45 bits per heavy atom. The molecule has 0 spiro atoms. The summed E-state index contributed by atoms with van der Waals surface area (Å²) in [7, 11) is 1.38. The molecule has 0 atom stereocenters. The average molecular weight is 173 g/mol. The van der Waals surface area contributed by atoms with Crippen molar-refractivity contribution in [1.29, 1.82) is 5.26 Å². The third kappa shape index (κ3) is 7.20. The molecule has 0 N–H and O–H groups in total. The van der Waals surface area contributed by atoms with E-state index in [9.17, 15) is 4.79 Å². The molecule has 0 heterocycles. The smallest absolute Gasteiger partial charge is 0.305 e. The second-order valence-corrected chi connectivity index (χ2v) is 3.00. The van der Waals surface area contributed by atoms with E-state index in [1.54, 1.807) is 0 Å². The summed E-state index contributed by atoms with van der Waals surface area (Å²) < 4.78 is 4.44. The highest BCUT2D eigenvalue weighted by atomic mass is 32.2. The summed E-state index contributed by atoms with van der Waals surface area (Å²) >= 11 is 1.54. The third-order valence-electron chi connectivity index (χ3n) is 1.06. The van der Waals surface area contributed by atoms with Crippen LogP contribution in [0.4, 0.5) is 0 Å². The highest BCUT2D eigenvalue weighted by Gasteiger charge is 1.98. The number of nitrogens with zero attached hydrogens (tertiary/aromatic N) is 1. The van der Waals surface area contributed by atoms with Crippen molar-refractivity contribution < 1.29 is 9.53 Å². The number of ether oxygens (including phenoxy) is 1. The first-order valence-corrected chi connectivity index (χ1v) is 4.48. The first-order valence-electron chi connectivity index (χ1n) is 3.32. The first-order chi connectivity index (χ1) is 5.31. The van der Waals surface area contributed by atoms with Crippen LogP contribution in [0.2, 0.25) is 0 Å². The molecule has 62 valence electrons. The quantitative estimate of drug-likeness (QED) is 0.463. The van der Waals surface area contributed by atoms with Gasteiger partial charge in [-0.1, -0.05) is 0 Å². The summed E-state index contributed by atoms with van der Waals surface area (Å²) in [4.78, 5) is 10.5. The summed E-state index contributed by atoms with van der Waals surface area (Å²) in [5, 5.41) is 8.16. The van der Waals surface area contributed by atoms with E-state index < -0.39 is 0 Å². The standard InChI is InChI=1S/C7H11NO2S/c1-10-7(9)3-2-5-11-6-4-8/h2-3,5-6H2,1H3. The fraction of sp³-hybridized carbons (Fsp3) is 0.714. The van der Waals surface area contributed by atoms with Crippen molar-refractivity contribution in [2.24, 2.45) is 0 Å². The Balaban J connectivity index is 3.03. The highest BCUT2D eigenvalue weighted by molar-refractivity contribution is 7.99. The summed E-state index contributed by atoms with van der Waals surface area (Å²) in [6.07, 6.45) is 1.24. The fourth-order valence-corrected chi connectivity index (χ4v) is 1.12. The molecular formula is C7H11NO2S. The predicted octanol–water partition coefficient (Wildman–Crippen LogP) is 1.20. The molecule has 0 saturated heterocycles. The molecule has 0 amide bonds. The molecule has 0 rings (SSSR count). The molecular weight excluding hydrogens is 162 g/mol. The average Bonchev–Trinajstić information content (AvgIpc) is 2.04. The van der Waals surface area contributed by atoms with Crippen molar-refractivity contribution >= 4 is 17.7 Å². The molecule has 11 heavy (non-hydrogen) atoms. The lowest BCUT2D eigenvalue weighted by atomic mass is 10.3. The van der Waals surface area contributed by atoms with E-state index >= 15 is 0 Å². The molecule has 0 aromatic heterocycles. The van der Waals surface area contributed by atoms with E-state index in [4.69, 9.17) is 5.26 Å². The van der Waals surface area contributed by atoms with Crippen LogP contribution in [0.3, 0.4) is 0 Å². The van der Waals surface area contributed by atoms with Crippen molar-refractivity contribution in [3.63, 3.8) is 0 Å². The van der Waals surface area contributed by atoms with Crippen LogP contribution >= 0.6 is 11.8 Å². The number of carbonyl (C=O) groups excluding carboxylic acids is 1. The lowest BCUT2D eigenvalue weighted by Crippen LogP contribution is -2.00. The minimum absolute atomic E-state index is 0.178. The van der Waals surface area contributed by atoms with Gasteiger partial charge in [0.1, 0.15) is 0 Å². The summed E-state index contributed by atoms with van der Waals surface area (Å²) in [5.41, 5.74) is 0. The van der Waals surface area contributed by atoms with Gasteiger partial charge in [-0.2, -0.15) is 5.26 Å². The van der Waals surface area contributed by atoms with Crippen LogP contribution in [-0.4, -0.2) is 24.6 Å². The lowest BCUT2D eigenvalue weighted by Gasteiger charge is -1.96. The Morgan fingerprint density at radius 1 is 1.73 bits per heavy atom. The zero-order valence-corrected chi connectivity index (χ0v) is 7.32. The SMILES string of the molecule is COC(=O)CCCSCC#N. The van der Waals surface area contributed by atoms with Gasteiger partial charge < -0.3 is 4.74 Å².